The van der Waals surface area contributed by atoms with E-state index < -0.39 is 0 Å². The Morgan fingerprint density at radius 2 is 2.06 bits per heavy atom. The molecular formula is C27H33N5O2. The van der Waals surface area contributed by atoms with Crippen molar-refractivity contribution >= 4 is 22.5 Å². The highest BCUT2D eigenvalue weighted by atomic mass is 16.5. The van der Waals surface area contributed by atoms with Gasteiger partial charge in [0.05, 0.1) is 19.3 Å². The number of nitrogens with one attached hydrogen (secondary N) is 2. The van der Waals surface area contributed by atoms with Gasteiger partial charge in [0, 0.05) is 48.1 Å². The summed E-state index contributed by atoms with van der Waals surface area (Å²) in [5.41, 5.74) is 6.86. The van der Waals surface area contributed by atoms with E-state index >= 15 is 0 Å². The van der Waals surface area contributed by atoms with Gasteiger partial charge in [-0.15, -0.1) is 0 Å². The van der Waals surface area contributed by atoms with E-state index in [0.29, 0.717) is 18.4 Å². The maximum Gasteiger partial charge on any atom is 0.236 e. The van der Waals surface area contributed by atoms with Crippen LogP contribution >= 0.6 is 0 Å². The number of piperidine rings is 1. The quantitative estimate of drug-likeness (QED) is 0.444. The monoisotopic (exact) mass is 459 g/mol. The molecule has 178 valence electrons. The zero-order valence-electron chi connectivity index (χ0n) is 20.4. The van der Waals surface area contributed by atoms with Gasteiger partial charge in [-0.1, -0.05) is 19.9 Å². The topological polar surface area (TPSA) is 74.7 Å². The van der Waals surface area contributed by atoms with Crippen LogP contribution in [0.25, 0.3) is 27.8 Å². The molecule has 5 rings (SSSR count). The number of amides is 1. The Bertz CT molecular complexity index is 1330. The highest BCUT2D eigenvalue weighted by Gasteiger charge is 2.25. The molecule has 4 aromatic rings. The van der Waals surface area contributed by atoms with Gasteiger partial charge in [-0.3, -0.25) is 4.79 Å². The Labute approximate surface area is 200 Å². The predicted octanol–water partition coefficient (Wildman–Crippen LogP) is 4.54. The van der Waals surface area contributed by atoms with Crippen molar-refractivity contribution in [3.05, 3.63) is 54.0 Å². The van der Waals surface area contributed by atoms with Crippen LogP contribution in [0.4, 0.5) is 0 Å². The van der Waals surface area contributed by atoms with Crippen LogP contribution in [0.2, 0.25) is 0 Å². The van der Waals surface area contributed by atoms with Crippen molar-refractivity contribution in [2.45, 2.75) is 38.5 Å². The summed E-state index contributed by atoms with van der Waals surface area (Å²) in [5, 5.41) is 4.25. The molecule has 0 bridgehead atoms. The number of hydrogen-bond donors (Lipinski definition) is 2. The molecular weight excluding hydrogens is 426 g/mol. The second-order valence-corrected chi connectivity index (χ2v) is 9.51. The van der Waals surface area contributed by atoms with Crippen molar-refractivity contribution in [3.63, 3.8) is 0 Å². The molecule has 1 saturated heterocycles. The van der Waals surface area contributed by atoms with Crippen molar-refractivity contribution in [2.75, 3.05) is 33.8 Å². The summed E-state index contributed by atoms with van der Waals surface area (Å²) >= 11 is 0. The van der Waals surface area contributed by atoms with Gasteiger partial charge in [-0.2, -0.15) is 0 Å². The lowest BCUT2D eigenvalue weighted by atomic mass is 9.87. The molecule has 34 heavy (non-hydrogen) atoms. The first-order valence-corrected chi connectivity index (χ1v) is 12.1. The van der Waals surface area contributed by atoms with Crippen molar-refractivity contribution < 1.29 is 9.53 Å². The lowest BCUT2D eigenvalue weighted by Gasteiger charge is -2.32. The number of nitrogens with zero attached hydrogens (tertiary/aromatic N) is 3. The number of H-pyrrole nitrogens is 1. The van der Waals surface area contributed by atoms with Gasteiger partial charge in [0.1, 0.15) is 0 Å². The van der Waals surface area contributed by atoms with Crippen LogP contribution in [-0.4, -0.2) is 59.0 Å². The maximum atomic E-state index is 12.2. The number of rotatable bonds is 6. The van der Waals surface area contributed by atoms with Crippen molar-refractivity contribution in [1.82, 2.24) is 24.6 Å². The highest BCUT2D eigenvalue weighted by molar-refractivity contribution is 5.92. The predicted molar refractivity (Wildman–Crippen MR) is 136 cm³/mol. The number of aromatic nitrogens is 3. The van der Waals surface area contributed by atoms with Gasteiger partial charge in [0.2, 0.25) is 5.91 Å². The standard InChI is InChI=1S/C27H33N5O2/c1-17(2)25-21-13-19(18-7-10-31(11-8-18)24(33)15-28-3)5-6-22(21)30-26(25)20-14-23(34-4)27-29-9-12-32(27)16-20/h5-6,9,12-14,16-18,28,30H,7-8,10-11,15H2,1-4H3. The number of fused-ring (bicyclic) bond motifs is 2. The summed E-state index contributed by atoms with van der Waals surface area (Å²) in [7, 11) is 3.51. The van der Waals surface area contributed by atoms with E-state index in [9.17, 15) is 4.79 Å². The third-order valence-electron chi connectivity index (χ3n) is 7.05. The molecule has 0 atom stereocenters. The van der Waals surface area contributed by atoms with E-state index in [4.69, 9.17) is 4.74 Å². The van der Waals surface area contributed by atoms with Crippen LogP contribution in [0.3, 0.4) is 0 Å². The van der Waals surface area contributed by atoms with E-state index in [1.807, 2.05) is 22.5 Å². The second kappa shape index (κ2) is 9.14. The number of hydrogen-bond acceptors (Lipinski definition) is 4. The summed E-state index contributed by atoms with van der Waals surface area (Å²) in [6, 6.07) is 8.90. The van der Waals surface area contributed by atoms with E-state index in [-0.39, 0.29) is 5.91 Å². The van der Waals surface area contributed by atoms with E-state index in [1.54, 1.807) is 13.3 Å². The summed E-state index contributed by atoms with van der Waals surface area (Å²) in [4.78, 5) is 22.3. The zero-order chi connectivity index (χ0) is 23.8. The van der Waals surface area contributed by atoms with Gasteiger partial charge in [-0.25, -0.2) is 4.98 Å². The first kappa shape index (κ1) is 22.5. The lowest BCUT2D eigenvalue weighted by Crippen LogP contribution is -2.41. The Kier molecular flexibility index (Phi) is 6.04. The Morgan fingerprint density at radius 3 is 2.76 bits per heavy atom. The number of carbonyl (C=O) groups is 1. The molecule has 7 nitrogen and oxygen atoms in total. The molecule has 0 unspecified atom stereocenters. The molecule has 3 aromatic heterocycles. The number of likely N-dealkylation sites (N-methyl/N-ethyl adjacent to an activating group) is 1. The average Bonchev–Trinajstić information content (AvgIpc) is 3.48. The Hall–Kier alpha value is -3.32. The highest BCUT2D eigenvalue weighted by Crippen LogP contribution is 2.39. The van der Waals surface area contributed by atoms with Gasteiger partial charge in [-0.05, 0) is 61.1 Å². The van der Waals surface area contributed by atoms with Crippen LogP contribution in [0.5, 0.6) is 5.75 Å². The minimum absolute atomic E-state index is 0.194. The van der Waals surface area contributed by atoms with Crippen LogP contribution in [0, 0.1) is 0 Å². The lowest BCUT2D eigenvalue weighted by molar-refractivity contribution is -0.131. The Morgan fingerprint density at radius 1 is 1.26 bits per heavy atom. The minimum atomic E-state index is 0.194. The maximum absolute atomic E-state index is 12.2. The van der Waals surface area contributed by atoms with E-state index in [2.05, 4.69) is 59.6 Å². The number of benzene rings is 1. The molecule has 7 heteroatoms. The molecule has 4 heterocycles. The van der Waals surface area contributed by atoms with Crippen molar-refractivity contribution in [1.29, 1.82) is 0 Å². The van der Waals surface area contributed by atoms with Crippen LogP contribution in [0.1, 0.15) is 49.7 Å². The molecule has 0 saturated carbocycles. The fraction of sp³-hybridized carbons (Fsp3) is 0.407. The van der Waals surface area contributed by atoms with Crippen LogP contribution in [-0.2, 0) is 4.79 Å². The fourth-order valence-electron chi connectivity index (χ4n) is 5.32. The molecule has 2 N–H and O–H groups in total. The summed E-state index contributed by atoms with van der Waals surface area (Å²) in [6.07, 6.45) is 7.86. The van der Waals surface area contributed by atoms with E-state index in [1.165, 1.54) is 16.5 Å². The first-order chi connectivity index (χ1) is 16.5. The molecule has 0 spiro atoms. The fourth-order valence-corrected chi connectivity index (χ4v) is 5.32. The Balaban J connectivity index is 1.51. The summed E-state index contributed by atoms with van der Waals surface area (Å²) in [5.74, 6) is 1.78. The molecule has 1 aliphatic heterocycles. The number of likely N-dealkylation sites (tertiary alicyclic amines) is 1. The third-order valence-corrected chi connectivity index (χ3v) is 7.05. The zero-order valence-corrected chi connectivity index (χ0v) is 20.4. The molecule has 1 fully saturated rings. The molecule has 1 amide bonds. The second-order valence-electron chi connectivity index (χ2n) is 9.51. The third kappa shape index (κ3) is 3.94. The normalized spacial score (nSPS) is 15.0. The molecule has 1 aliphatic rings. The summed E-state index contributed by atoms with van der Waals surface area (Å²) < 4.78 is 7.64. The molecule has 0 radical (unpaired) electrons. The molecule has 0 aliphatic carbocycles. The van der Waals surface area contributed by atoms with Gasteiger partial charge < -0.3 is 24.3 Å². The number of methoxy groups -OCH3 is 1. The van der Waals surface area contributed by atoms with Gasteiger partial charge >= 0.3 is 0 Å². The number of aromatic amines is 1. The van der Waals surface area contributed by atoms with Crippen molar-refractivity contribution in [3.8, 4) is 17.0 Å². The van der Waals surface area contributed by atoms with E-state index in [0.717, 1.165) is 54.1 Å². The largest absolute Gasteiger partial charge is 0.493 e. The number of imidazole rings is 1. The van der Waals surface area contributed by atoms with Crippen LogP contribution < -0.4 is 10.1 Å². The first-order valence-electron chi connectivity index (χ1n) is 12.1. The number of ether oxygens (including phenoxy) is 1. The van der Waals surface area contributed by atoms with Crippen LogP contribution in [0.15, 0.2) is 42.9 Å². The minimum Gasteiger partial charge on any atom is -0.493 e. The number of pyridine rings is 1. The smallest absolute Gasteiger partial charge is 0.236 e. The average molecular weight is 460 g/mol. The number of carbonyl (C=O) groups excluding carboxylic acids is 1. The van der Waals surface area contributed by atoms with Gasteiger partial charge in [0.25, 0.3) is 0 Å². The SMILES string of the molecule is CNCC(=O)N1CCC(c2ccc3[nH]c(-c4cc(OC)c5nccn5c4)c(C(C)C)c3c2)CC1. The summed E-state index contributed by atoms with van der Waals surface area (Å²) in [6.45, 7) is 6.55. The van der Waals surface area contributed by atoms with Gasteiger partial charge in [0.15, 0.2) is 11.4 Å². The van der Waals surface area contributed by atoms with Crippen molar-refractivity contribution in [2.24, 2.45) is 0 Å². The molecule has 1 aromatic carbocycles.